The minimum Gasteiger partial charge on any atom is -0.465 e. The first-order valence-electron chi connectivity index (χ1n) is 21.5. The summed E-state index contributed by atoms with van der Waals surface area (Å²) in [4.78, 5) is 25.1. The van der Waals surface area contributed by atoms with Gasteiger partial charge < -0.3 is 39.4 Å². The standard InChI is InChI=1S/C46H76O10/c1-3-5-7-9-11-13-15-17-19-21-23-25-27-29-31-33-41(48)53-36-39(38-55-46-45(52)44(51)43(50)40(35-47)56-46)37-54-42(49)34-32-30-28-26-24-22-20-18-16-14-12-10-8-6-4-2/h5-8,11-14,17-20,39-40,43-47,50-52H,3-4,9-10,15-16,21-38H2,1-2H3. The van der Waals surface area contributed by atoms with Gasteiger partial charge in [-0.2, -0.15) is 0 Å². The number of esters is 2. The summed E-state index contributed by atoms with van der Waals surface area (Å²) in [7, 11) is 0. The highest BCUT2D eigenvalue weighted by atomic mass is 16.7. The molecule has 1 heterocycles. The average molecular weight is 789 g/mol. The van der Waals surface area contributed by atoms with E-state index in [4.69, 9.17) is 18.9 Å². The van der Waals surface area contributed by atoms with Gasteiger partial charge in [0.25, 0.3) is 0 Å². The number of aliphatic hydroxyl groups excluding tert-OH is 4. The van der Waals surface area contributed by atoms with Gasteiger partial charge in [-0.05, 0) is 77.0 Å². The van der Waals surface area contributed by atoms with Crippen LogP contribution >= 0.6 is 0 Å². The normalized spacial score (nSPS) is 21.1. The third-order valence-electron chi connectivity index (χ3n) is 9.37. The monoisotopic (exact) mass is 789 g/mol. The van der Waals surface area contributed by atoms with Gasteiger partial charge in [0, 0.05) is 12.8 Å². The molecule has 5 atom stereocenters. The van der Waals surface area contributed by atoms with Crippen LogP contribution in [0.1, 0.15) is 142 Å². The Hall–Kier alpha value is -2.86. The molecule has 0 bridgehead atoms. The van der Waals surface area contributed by atoms with Crippen molar-refractivity contribution in [3.8, 4) is 0 Å². The van der Waals surface area contributed by atoms with Crippen LogP contribution in [-0.2, 0) is 28.5 Å². The van der Waals surface area contributed by atoms with Crippen LogP contribution < -0.4 is 0 Å². The van der Waals surface area contributed by atoms with E-state index in [2.05, 4.69) is 86.8 Å². The summed E-state index contributed by atoms with van der Waals surface area (Å²) >= 11 is 0. The molecule has 0 aliphatic carbocycles. The summed E-state index contributed by atoms with van der Waals surface area (Å²) in [6.07, 6.45) is 37.8. The minimum atomic E-state index is -1.58. The van der Waals surface area contributed by atoms with Crippen molar-refractivity contribution in [3.63, 3.8) is 0 Å². The number of allylic oxidation sites excluding steroid dienone is 12. The zero-order chi connectivity index (χ0) is 40.9. The van der Waals surface area contributed by atoms with Crippen LogP contribution in [0.2, 0.25) is 0 Å². The molecule has 10 nitrogen and oxygen atoms in total. The molecule has 0 aromatic carbocycles. The highest BCUT2D eigenvalue weighted by Gasteiger charge is 2.44. The smallest absolute Gasteiger partial charge is 0.305 e. The second kappa shape index (κ2) is 36.5. The van der Waals surface area contributed by atoms with E-state index >= 15 is 0 Å². The van der Waals surface area contributed by atoms with Crippen molar-refractivity contribution in [1.29, 1.82) is 0 Å². The fourth-order valence-electron chi connectivity index (χ4n) is 5.92. The van der Waals surface area contributed by atoms with E-state index in [9.17, 15) is 30.0 Å². The van der Waals surface area contributed by atoms with Gasteiger partial charge in [0.15, 0.2) is 6.29 Å². The lowest BCUT2D eigenvalue weighted by Crippen LogP contribution is -2.59. The number of aliphatic hydroxyl groups is 4. The summed E-state index contributed by atoms with van der Waals surface area (Å²) in [6, 6.07) is 0. The average Bonchev–Trinajstić information content (AvgIpc) is 3.20. The first-order valence-corrected chi connectivity index (χ1v) is 21.5. The summed E-state index contributed by atoms with van der Waals surface area (Å²) in [5, 5.41) is 40.1. The summed E-state index contributed by atoms with van der Waals surface area (Å²) in [5.41, 5.74) is 0. The van der Waals surface area contributed by atoms with Crippen LogP contribution in [0.15, 0.2) is 72.9 Å². The number of hydrogen-bond acceptors (Lipinski definition) is 10. The zero-order valence-electron chi connectivity index (χ0n) is 34.6. The van der Waals surface area contributed by atoms with E-state index in [-0.39, 0.29) is 44.6 Å². The van der Waals surface area contributed by atoms with Crippen LogP contribution in [-0.4, -0.2) is 89.5 Å². The van der Waals surface area contributed by atoms with Crippen molar-refractivity contribution < 1.29 is 49.0 Å². The third kappa shape index (κ3) is 27.7. The van der Waals surface area contributed by atoms with E-state index in [0.29, 0.717) is 0 Å². The molecule has 1 saturated heterocycles. The molecule has 5 unspecified atom stereocenters. The summed E-state index contributed by atoms with van der Waals surface area (Å²) < 4.78 is 22.2. The Kier molecular flexibility index (Phi) is 33.3. The van der Waals surface area contributed by atoms with Crippen molar-refractivity contribution in [2.75, 3.05) is 26.4 Å². The quantitative estimate of drug-likeness (QED) is 0.0283. The van der Waals surface area contributed by atoms with Crippen LogP contribution in [0, 0.1) is 5.92 Å². The molecule has 10 heteroatoms. The van der Waals surface area contributed by atoms with Crippen LogP contribution in [0.4, 0.5) is 0 Å². The lowest BCUT2D eigenvalue weighted by Gasteiger charge is -2.39. The Labute approximate surface area is 338 Å². The second-order valence-corrected chi connectivity index (χ2v) is 14.5. The highest BCUT2D eigenvalue weighted by Crippen LogP contribution is 2.23. The molecule has 1 rings (SSSR count). The Morgan fingerprint density at radius 1 is 0.536 bits per heavy atom. The van der Waals surface area contributed by atoms with Gasteiger partial charge in [-0.3, -0.25) is 9.59 Å². The summed E-state index contributed by atoms with van der Waals surface area (Å²) in [6.45, 7) is 3.43. The molecule has 1 fully saturated rings. The number of hydrogen-bond donors (Lipinski definition) is 4. The van der Waals surface area contributed by atoms with Gasteiger partial charge in [0.2, 0.25) is 0 Å². The minimum absolute atomic E-state index is 0.0679. The summed E-state index contributed by atoms with van der Waals surface area (Å²) in [5.74, 6) is -1.26. The maximum atomic E-state index is 12.6. The van der Waals surface area contributed by atoms with Gasteiger partial charge in [-0.15, -0.1) is 0 Å². The van der Waals surface area contributed by atoms with E-state index < -0.39 is 43.2 Å². The molecule has 0 spiro atoms. The maximum Gasteiger partial charge on any atom is 0.305 e. The van der Waals surface area contributed by atoms with E-state index in [0.717, 1.165) is 116 Å². The first kappa shape index (κ1) is 51.2. The topological polar surface area (TPSA) is 152 Å². The Morgan fingerprint density at radius 2 is 0.946 bits per heavy atom. The van der Waals surface area contributed by atoms with Crippen LogP contribution in [0.25, 0.3) is 0 Å². The fraction of sp³-hybridized carbons (Fsp3) is 0.696. The van der Waals surface area contributed by atoms with Gasteiger partial charge in [0.05, 0.1) is 32.3 Å². The number of unbranched alkanes of at least 4 members (excludes halogenated alkanes) is 10. The zero-order valence-corrected chi connectivity index (χ0v) is 34.6. The lowest BCUT2D eigenvalue weighted by molar-refractivity contribution is -0.304. The SMILES string of the molecule is CCC=CCC=CCC=CCCCCCCCC(=O)OCC(COC(=O)CCCCCCCC=CCC=CCC=CCC)COC1OC(CO)C(O)C(O)C1O. The van der Waals surface area contributed by atoms with Gasteiger partial charge in [-0.1, -0.05) is 125 Å². The molecule has 4 N–H and O–H groups in total. The number of rotatable bonds is 34. The highest BCUT2D eigenvalue weighted by molar-refractivity contribution is 5.69. The molecular formula is C46H76O10. The predicted octanol–water partition coefficient (Wildman–Crippen LogP) is 8.68. The number of ether oxygens (including phenoxy) is 4. The van der Waals surface area contributed by atoms with Crippen molar-refractivity contribution in [3.05, 3.63) is 72.9 Å². The van der Waals surface area contributed by atoms with Crippen molar-refractivity contribution in [1.82, 2.24) is 0 Å². The van der Waals surface area contributed by atoms with E-state index in [1.54, 1.807) is 0 Å². The number of carbonyl (C=O) groups excluding carboxylic acids is 2. The largest absolute Gasteiger partial charge is 0.465 e. The Morgan fingerprint density at radius 3 is 1.39 bits per heavy atom. The Balaban J connectivity index is 2.37. The molecular weight excluding hydrogens is 712 g/mol. The predicted molar refractivity (Wildman–Crippen MR) is 224 cm³/mol. The molecule has 320 valence electrons. The molecule has 56 heavy (non-hydrogen) atoms. The third-order valence-corrected chi connectivity index (χ3v) is 9.37. The van der Waals surface area contributed by atoms with Crippen molar-refractivity contribution in [2.45, 2.75) is 173 Å². The molecule has 1 aliphatic heterocycles. The molecule has 0 saturated carbocycles. The second-order valence-electron chi connectivity index (χ2n) is 14.5. The molecule has 1 aliphatic rings. The molecule has 0 radical (unpaired) electrons. The lowest BCUT2D eigenvalue weighted by atomic mass is 9.99. The molecule has 0 aromatic heterocycles. The Bertz CT molecular complexity index is 1070. The van der Waals surface area contributed by atoms with E-state index in [1.807, 2.05) is 0 Å². The fourth-order valence-corrected chi connectivity index (χ4v) is 5.92. The van der Waals surface area contributed by atoms with Crippen LogP contribution in [0.5, 0.6) is 0 Å². The van der Waals surface area contributed by atoms with Crippen molar-refractivity contribution in [2.24, 2.45) is 5.92 Å². The van der Waals surface area contributed by atoms with Crippen molar-refractivity contribution >= 4 is 11.9 Å². The van der Waals surface area contributed by atoms with E-state index in [1.165, 1.54) is 0 Å². The van der Waals surface area contributed by atoms with Gasteiger partial charge in [-0.25, -0.2) is 0 Å². The maximum absolute atomic E-state index is 12.6. The van der Waals surface area contributed by atoms with Gasteiger partial charge >= 0.3 is 11.9 Å². The van der Waals surface area contributed by atoms with Crippen LogP contribution in [0.3, 0.4) is 0 Å². The molecule has 0 aromatic rings. The molecule has 0 amide bonds. The number of carbonyl (C=O) groups is 2. The first-order chi connectivity index (χ1) is 27.3. The van der Waals surface area contributed by atoms with Gasteiger partial charge in [0.1, 0.15) is 24.4 Å².